The Kier molecular flexibility index (Phi) is 8.46. The third-order valence-corrected chi connectivity index (χ3v) is 2.84. The Morgan fingerprint density at radius 1 is 0.677 bits per heavy atom. The molecule has 0 rings (SSSR count). The third-order valence-electron chi connectivity index (χ3n) is 2.84. The van der Waals surface area contributed by atoms with Gasteiger partial charge in [0.15, 0.2) is 6.61 Å². The van der Waals surface area contributed by atoms with Gasteiger partial charge in [0.2, 0.25) is 0 Å². The van der Waals surface area contributed by atoms with Crippen LogP contribution in [0, 0.1) is 0 Å². The standard InChI is InChI=1S/C12H3F15O4/c13-2(4(15)16)6(28)30-1-9(20,21)11(24,25)12(26,27)10(22,23)8(19)31-7(29)3(14)5(17)18/h8H,1H2. The number of rotatable bonds is 9. The van der Waals surface area contributed by atoms with E-state index in [1.54, 1.807) is 0 Å². The third kappa shape index (κ3) is 5.54. The largest absolute Gasteiger partial charge is 0.454 e. The van der Waals surface area contributed by atoms with Gasteiger partial charge in [-0.05, 0) is 0 Å². The summed E-state index contributed by atoms with van der Waals surface area (Å²) in [5, 5.41) is 0. The number of carbonyl (C=O) groups excluding carboxylic acids is 2. The van der Waals surface area contributed by atoms with Gasteiger partial charge in [0, 0.05) is 0 Å². The fraction of sp³-hybridized carbons (Fsp3) is 0.500. The molecule has 0 bridgehead atoms. The second-order valence-corrected chi connectivity index (χ2v) is 4.92. The number of alkyl halides is 9. The Morgan fingerprint density at radius 3 is 1.45 bits per heavy atom. The predicted octanol–water partition coefficient (Wildman–Crippen LogP) is 5.06. The lowest BCUT2D eigenvalue weighted by atomic mass is 9.99. The van der Waals surface area contributed by atoms with Gasteiger partial charge in [0.05, 0.1) is 0 Å². The summed E-state index contributed by atoms with van der Waals surface area (Å²) in [4.78, 5) is 20.9. The smallest absolute Gasteiger partial charge is 0.385 e. The normalized spacial score (nSPS) is 13.9. The molecule has 0 amide bonds. The summed E-state index contributed by atoms with van der Waals surface area (Å²) >= 11 is 0. The minimum atomic E-state index is -7.61. The van der Waals surface area contributed by atoms with E-state index in [4.69, 9.17) is 0 Å². The molecule has 180 valence electrons. The van der Waals surface area contributed by atoms with E-state index >= 15 is 0 Å². The molecule has 0 aromatic carbocycles. The Bertz CT molecular complexity index is 764. The fourth-order valence-electron chi connectivity index (χ4n) is 1.27. The number of ether oxygens (including phenoxy) is 2. The molecule has 0 spiro atoms. The lowest BCUT2D eigenvalue weighted by Crippen LogP contribution is -2.66. The van der Waals surface area contributed by atoms with Crippen LogP contribution in [0.15, 0.2) is 23.8 Å². The number of hydrogen-bond acceptors (Lipinski definition) is 4. The summed E-state index contributed by atoms with van der Waals surface area (Å²) in [5.41, 5.74) is 0. The van der Waals surface area contributed by atoms with Gasteiger partial charge in [-0.25, -0.2) is 9.59 Å². The first-order valence-electron chi connectivity index (χ1n) is 6.60. The molecule has 19 heteroatoms. The topological polar surface area (TPSA) is 52.6 Å². The van der Waals surface area contributed by atoms with Gasteiger partial charge < -0.3 is 9.47 Å². The SMILES string of the molecule is O=C(OCC(F)(F)C(F)(F)C(F)(F)C(F)(F)C(F)OC(=O)C(F)=C(F)F)C(F)=C(F)F. The Morgan fingerprint density at radius 2 is 1.06 bits per heavy atom. The zero-order chi connectivity index (χ0) is 25.2. The van der Waals surface area contributed by atoms with Crippen molar-refractivity contribution in [2.45, 2.75) is 30.0 Å². The van der Waals surface area contributed by atoms with Crippen LogP contribution in [0.25, 0.3) is 0 Å². The Hall–Kier alpha value is -2.63. The monoisotopic (exact) mass is 496 g/mol. The average molecular weight is 496 g/mol. The summed E-state index contributed by atoms with van der Waals surface area (Å²) < 4.78 is 196. The van der Waals surface area contributed by atoms with E-state index in [1.807, 2.05) is 0 Å². The van der Waals surface area contributed by atoms with Crippen LogP contribution in [0.3, 0.4) is 0 Å². The summed E-state index contributed by atoms with van der Waals surface area (Å²) in [6, 6.07) is 0. The van der Waals surface area contributed by atoms with Crippen LogP contribution >= 0.6 is 0 Å². The molecule has 4 nitrogen and oxygen atoms in total. The molecule has 0 saturated heterocycles. The maximum absolute atomic E-state index is 13.3. The number of carbonyl (C=O) groups is 2. The number of hydrogen-bond donors (Lipinski definition) is 0. The van der Waals surface area contributed by atoms with Crippen molar-refractivity contribution in [3.8, 4) is 0 Å². The van der Waals surface area contributed by atoms with Gasteiger partial charge >= 0.3 is 54.1 Å². The summed E-state index contributed by atoms with van der Waals surface area (Å²) in [6.07, 6.45) is -12.6. The molecule has 0 N–H and O–H groups in total. The highest BCUT2D eigenvalue weighted by Gasteiger charge is 2.83. The second-order valence-electron chi connectivity index (χ2n) is 4.92. The van der Waals surface area contributed by atoms with Crippen molar-refractivity contribution in [3.63, 3.8) is 0 Å². The van der Waals surface area contributed by atoms with E-state index in [0.29, 0.717) is 0 Å². The maximum Gasteiger partial charge on any atom is 0.385 e. The minimum Gasteiger partial charge on any atom is -0.454 e. The summed E-state index contributed by atoms with van der Waals surface area (Å²) in [5.74, 6) is -42.1. The molecule has 31 heavy (non-hydrogen) atoms. The van der Waals surface area contributed by atoms with Crippen molar-refractivity contribution in [2.75, 3.05) is 6.61 Å². The van der Waals surface area contributed by atoms with Gasteiger partial charge in [-0.1, -0.05) is 0 Å². The highest BCUT2D eigenvalue weighted by Crippen LogP contribution is 2.54. The number of esters is 2. The Balaban J connectivity index is 5.81. The van der Waals surface area contributed by atoms with E-state index in [0.717, 1.165) is 0 Å². The molecular weight excluding hydrogens is 493 g/mol. The van der Waals surface area contributed by atoms with E-state index in [9.17, 15) is 75.4 Å². The van der Waals surface area contributed by atoms with Crippen LogP contribution in [-0.4, -0.2) is 48.6 Å². The van der Waals surface area contributed by atoms with E-state index in [1.165, 1.54) is 0 Å². The molecule has 0 radical (unpaired) electrons. The van der Waals surface area contributed by atoms with Crippen LogP contribution in [-0.2, 0) is 19.1 Å². The highest BCUT2D eigenvalue weighted by molar-refractivity contribution is 5.86. The lowest BCUT2D eigenvalue weighted by molar-refractivity contribution is -0.392. The van der Waals surface area contributed by atoms with Gasteiger partial charge in [-0.3, -0.25) is 0 Å². The molecule has 0 fully saturated rings. The molecule has 1 atom stereocenters. The van der Waals surface area contributed by atoms with E-state index < -0.39 is 72.4 Å². The molecule has 1 unspecified atom stereocenters. The quantitative estimate of drug-likeness (QED) is 0.255. The van der Waals surface area contributed by atoms with E-state index in [2.05, 4.69) is 9.47 Å². The van der Waals surface area contributed by atoms with Crippen molar-refractivity contribution in [3.05, 3.63) is 23.8 Å². The molecule has 0 aliphatic heterocycles. The van der Waals surface area contributed by atoms with E-state index in [-0.39, 0.29) is 0 Å². The van der Waals surface area contributed by atoms with Crippen LogP contribution in [0.1, 0.15) is 0 Å². The maximum atomic E-state index is 13.3. The van der Waals surface area contributed by atoms with Crippen molar-refractivity contribution in [1.29, 1.82) is 0 Å². The lowest BCUT2D eigenvalue weighted by Gasteiger charge is -2.36. The van der Waals surface area contributed by atoms with Gasteiger partial charge in [0.25, 0.3) is 11.7 Å². The van der Waals surface area contributed by atoms with Gasteiger partial charge in [-0.15, -0.1) is 0 Å². The van der Waals surface area contributed by atoms with Crippen molar-refractivity contribution >= 4 is 11.9 Å². The zero-order valence-electron chi connectivity index (χ0n) is 13.6. The summed E-state index contributed by atoms with van der Waals surface area (Å²) in [7, 11) is 0. The van der Waals surface area contributed by atoms with Crippen LogP contribution in [0.5, 0.6) is 0 Å². The van der Waals surface area contributed by atoms with Crippen LogP contribution < -0.4 is 0 Å². The number of halogens is 15. The van der Waals surface area contributed by atoms with Crippen molar-refractivity contribution in [1.82, 2.24) is 0 Å². The first-order valence-corrected chi connectivity index (χ1v) is 6.60. The minimum absolute atomic E-state index is 2.44. The second kappa shape index (κ2) is 9.25. The van der Waals surface area contributed by atoms with Crippen LogP contribution in [0.2, 0.25) is 0 Å². The van der Waals surface area contributed by atoms with Gasteiger partial charge in [-0.2, -0.15) is 65.9 Å². The first-order chi connectivity index (χ1) is 13.6. The molecule has 0 saturated carbocycles. The van der Waals surface area contributed by atoms with Crippen molar-refractivity contribution < 1.29 is 84.9 Å². The average Bonchev–Trinajstić information content (AvgIpc) is 2.63. The molecule has 0 aliphatic rings. The molecular formula is C12H3F15O4. The molecule has 0 heterocycles. The zero-order valence-corrected chi connectivity index (χ0v) is 13.6. The predicted molar refractivity (Wildman–Crippen MR) is 62.4 cm³/mol. The molecule has 0 aromatic heterocycles. The van der Waals surface area contributed by atoms with Crippen molar-refractivity contribution in [2.24, 2.45) is 0 Å². The molecule has 0 aromatic rings. The highest BCUT2D eigenvalue weighted by atomic mass is 19.4. The Labute approximate surface area is 158 Å². The molecule has 0 aliphatic carbocycles. The van der Waals surface area contributed by atoms with Gasteiger partial charge in [0.1, 0.15) is 0 Å². The fourth-order valence-corrected chi connectivity index (χ4v) is 1.27. The van der Waals surface area contributed by atoms with Crippen LogP contribution in [0.4, 0.5) is 65.9 Å². The first kappa shape index (κ1) is 28.4. The summed E-state index contributed by atoms with van der Waals surface area (Å²) in [6.45, 7) is -3.44.